The third-order valence-electron chi connectivity index (χ3n) is 0. The van der Waals surface area contributed by atoms with Gasteiger partial charge in [-0.2, -0.15) is 0 Å². The van der Waals surface area contributed by atoms with E-state index in [0.717, 1.165) is 0 Å². The maximum absolute atomic E-state index is 8.36. The number of nitrogens with zero attached hydrogens (tertiary/aromatic N) is 2. The van der Waals surface area contributed by atoms with Crippen molar-refractivity contribution in [3.8, 4) is 0 Å². The summed E-state index contributed by atoms with van der Waals surface area (Å²) in [6.07, 6.45) is 0. The zero-order chi connectivity index (χ0) is 7.15. The Bertz CT molecular complexity index is 69.1. The van der Waals surface area contributed by atoms with Crippen LogP contribution in [-0.4, -0.2) is 43.6 Å². The molecule has 0 amide bonds. The molecule has 2 N–H and O–H groups in total. The van der Waals surface area contributed by atoms with Crippen LogP contribution in [0.25, 0.3) is 0 Å². The van der Waals surface area contributed by atoms with Crippen LogP contribution < -0.4 is 0 Å². The van der Waals surface area contributed by atoms with Crippen LogP contribution in [-0.2, 0) is 0 Å². The highest BCUT2D eigenvalue weighted by molar-refractivity contribution is 5.75. The molecule has 0 rings (SSSR count). The monoisotopic (exact) mass is 152 g/mol. The first kappa shape index (κ1) is 15.7. The maximum atomic E-state index is 8.36. The molecular weight excluding hydrogens is 148 g/mol. The van der Waals surface area contributed by atoms with Gasteiger partial charge >= 0.3 is 23.1 Å². The van der Waals surface area contributed by atoms with Crippen molar-refractivity contribution in [2.75, 3.05) is 0 Å². The second kappa shape index (κ2) is 10.2. The Labute approximate surface area is 64.5 Å². The SMILES string of the molecule is O=[N+]([O-])O.O=[N+]([O-])O.[MgH2]. The van der Waals surface area contributed by atoms with E-state index in [1.54, 1.807) is 0 Å². The molecule has 0 saturated heterocycles. The van der Waals surface area contributed by atoms with Crippen molar-refractivity contribution in [1.29, 1.82) is 0 Å². The normalized spacial score (nSPS) is 5.33. The molecular formula is H4MgN2O6. The van der Waals surface area contributed by atoms with E-state index in [1.807, 2.05) is 0 Å². The van der Waals surface area contributed by atoms with Gasteiger partial charge in [-0.05, 0) is 0 Å². The zero-order valence-corrected chi connectivity index (χ0v) is 3.42. The molecule has 0 aliphatic heterocycles. The molecule has 9 heavy (non-hydrogen) atoms. The third-order valence-corrected chi connectivity index (χ3v) is 0. The molecule has 0 aliphatic carbocycles. The Balaban J connectivity index is -0.0000000720. The molecule has 0 spiro atoms. The first-order chi connectivity index (χ1) is 3.46. The van der Waals surface area contributed by atoms with Crippen molar-refractivity contribution in [3.63, 3.8) is 0 Å². The average molecular weight is 152 g/mol. The van der Waals surface area contributed by atoms with Gasteiger partial charge in [-0.15, -0.1) is 20.2 Å². The molecule has 0 unspecified atom stereocenters. The predicted molar refractivity (Wildman–Crippen MR) is 26.1 cm³/mol. The lowest BCUT2D eigenvalue weighted by Gasteiger charge is -1.56. The Morgan fingerprint density at radius 3 is 1.00 bits per heavy atom. The van der Waals surface area contributed by atoms with Crippen molar-refractivity contribution in [2.45, 2.75) is 0 Å². The zero-order valence-electron chi connectivity index (χ0n) is 3.42. The summed E-state index contributed by atoms with van der Waals surface area (Å²) in [6, 6.07) is 0. The quantitative estimate of drug-likeness (QED) is 0.244. The number of hydrogen-bond donors (Lipinski definition) is 2. The minimum absolute atomic E-state index is 0. The molecule has 0 heterocycles. The van der Waals surface area contributed by atoms with Crippen molar-refractivity contribution < 1.29 is 20.6 Å². The summed E-state index contributed by atoms with van der Waals surface area (Å²) in [6.45, 7) is 0. The van der Waals surface area contributed by atoms with Crippen molar-refractivity contribution in [1.82, 2.24) is 0 Å². The maximum Gasteiger partial charge on any atom is 0.316 e. The molecule has 0 fully saturated rings. The third kappa shape index (κ3) is 275. The van der Waals surface area contributed by atoms with Crippen molar-refractivity contribution in [3.05, 3.63) is 20.2 Å². The van der Waals surface area contributed by atoms with Crippen LogP contribution >= 0.6 is 0 Å². The van der Waals surface area contributed by atoms with Gasteiger partial charge in [0.2, 0.25) is 0 Å². The summed E-state index contributed by atoms with van der Waals surface area (Å²) >= 11 is 0. The van der Waals surface area contributed by atoms with Gasteiger partial charge in [0.15, 0.2) is 0 Å². The molecule has 0 aromatic carbocycles. The van der Waals surface area contributed by atoms with E-state index in [1.165, 1.54) is 0 Å². The van der Waals surface area contributed by atoms with Crippen molar-refractivity contribution >= 4 is 23.1 Å². The smallest absolute Gasteiger partial charge is 0.316 e. The molecule has 0 aromatic heterocycles. The highest BCUT2D eigenvalue weighted by Gasteiger charge is 1.65. The number of hydrogen-bond acceptors (Lipinski definition) is 4. The predicted octanol–water partition coefficient (Wildman–Crippen LogP) is -1.61. The van der Waals surface area contributed by atoms with Gasteiger partial charge in [0.05, 0.1) is 0 Å². The summed E-state index contributed by atoms with van der Waals surface area (Å²) in [5.74, 6) is 0. The molecule has 52 valence electrons. The lowest BCUT2D eigenvalue weighted by atomic mass is 13.1. The molecule has 9 heteroatoms. The van der Waals surface area contributed by atoms with Gasteiger partial charge in [0.25, 0.3) is 10.2 Å². The second-order valence-electron chi connectivity index (χ2n) is 0.476. The summed E-state index contributed by atoms with van der Waals surface area (Å²) in [5, 5.41) is 27.3. The van der Waals surface area contributed by atoms with Crippen LogP contribution in [0.2, 0.25) is 0 Å². The van der Waals surface area contributed by atoms with E-state index in [0.29, 0.717) is 0 Å². The van der Waals surface area contributed by atoms with Crippen LogP contribution in [0.3, 0.4) is 0 Å². The van der Waals surface area contributed by atoms with Crippen LogP contribution in [0.5, 0.6) is 0 Å². The molecule has 8 nitrogen and oxygen atoms in total. The fraction of sp³-hybridized carbons (Fsp3) is 0. The van der Waals surface area contributed by atoms with Gasteiger partial charge in [-0.25, -0.2) is 0 Å². The van der Waals surface area contributed by atoms with Gasteiger partial charge in [-0.3, -0.25) is 0 Å². The highest BCUT2D eigenvalue weighted by Crippen LogP contribution is 1.38. The summed E-state index contributed by atoms with van der Waals surface area (Å²) in [7, 11) is 0. The lowest BCUT2D eigenvalue weighted by Crippen LogP contribution is -1.81. The van der Waals surface area contributed by atoms with Crippen LogP contribution in [0, 0.1) is 20.2 Å². The Morgan fingerprint density at radius 2 is 1.00 bits per heavy atom. The Kier molecular flexibility index (Phi) is 17.8. The van der Waals surface area contributed by atoms with Crippen molar-refractivity contribution in [2.24, 2.45) is 0 Å². The average Bonchev–Trinajstić information content (AvgIpc) is 1.25. The topological polar surface area (TPSA) is 127 Å². The van der Waals surface area contributed by atoms with Gasteiger partial charge in [0.1, 0.15) is 0 Å². The number of rotatable bonds is 0. The Morgan fingerprint density at radius 1 is 1.00 bits per heavy atom. The van der Waals surface area contributed by atoms with Crippen LogP contribution in [0.4, 0.5) is 0 Å². The molecule has 0 bridgehead atoms. The molecule has 0 aromatic rings. The van der Waals surface area contributed by atoms with Gasteiger partial charge in [0, 0.05) is 0 Å². The second-order valence-corrected chi connectivity index (χ2v) is 0.476. The van der Waals surface area contributed by atoms with Crippen LogP contribution in [0.15, 0.2) is 0 Å². The summed E-state index contributed by atoms with van der Waals surface area (Å²) < 4.78 is 0. The first-order valence-corrected chi connectivity index (χ1v) is 1.13. The minimum Gasteiger partial charge on any atom is -0.328 e. The van der Waals surface area contributed by atoms with E-state index in [9.17, 15) is 0 Å². The van der Waals surface area contributed by atoms with E-state index >= 15 is 0 Å². The van der Waals surface area contributed by atoms with E-state index in [2.05, 4.69) is 0 Å². The lowest BCUT2D eigenvalue weighted by molar-refractivity contribution is -0.742. The van der Waals surface area contributed by atoms with E-state index in [-0.39, 0.29) is 23.1 Å². The first-order valence-electron chi connectivity index (χ1n) is 1.13. The molecule has 0 radical (unpaired) electrons. The minimum atomic E-state index is -1.50. The largest absolute Gasteiger partial charge is 0.328 e. The van der Waals surface area contributed by atoms with E-state index < -0.39 is 10.2 Å². The molecule has 0 atom stereocenters. The van der Waals surface area contributed by atoms with E-state index in [4.69, 9.17) is 30.6 Å². The molecule has 0 aliphatic rings. The van der Waals surface area contributed by atoms with Crippen LogP contribution in [0.1, 0.15) is 0 Å². The molecule has 0 saturated carbocycles. The summed E-state index contributed by atoms with van der Waals surface area (Å²) in [4.78, 5) is 16.7. The Hall–Kier alpha value is -0.834. The fourth-order valence-electron chi connectivity index (χ4n) is 0. The highest BCUT2D eigenvalue weighted by atomic mass is 24.3. The van der Waals surface area contributed by atoms with Gasteiger partial charge in [-0.1, -0.05) is 0 Å². The fourth-order valence-corrected chi connectivity index (χ4v) is 0. The van der Waals surface area contributed by atoms with Gasteiger partial charge < -0.3 is 10.4 Å². The summed E-state index contributed by atoms with van der Waals surface area (Å²) in [5.41, 5.74) is 0. The standard InChI is InChI=1S/Mg.2HNO3.2H/c;2*2-1(3)4;;/h;2*(H,2,3,4);;.